The average Bonchev–Trinajstić information content (AvgIpc) is 3.17. The Balaban J connectivity index is 1.86. The predicted molar refractivity (Wildman–Crippen MR) is 109 cm³/mol. The van der Waals surface area contributed by atoms with Gasteiger partial charge in [-0.15, -0.1) is 0 Å². The Kier molecular flexibility index (Phi) is 4.84. The second-order valence-electron chi connectivity index (χ2n) is 6.91. The minimum absolute atomic E-state index is 0.0446. The molecule has 0 radical (unpaired) electrons. The topological polar surface area (TPSA) is 81.8 Å². The highest BCUT2D eigenvalue weighted by atomic mass is 19.4. The number of amides is 1. The number of nitrogens with zero attached hydrogens (tertiary/aromatic N) is 4. The van der Waals surface area contributed by atoms with Crippen molar-refractivity contribution in [1.82, 2.24) is 19.3 Å². The lowest BCUT2D eigenvalue weighted by molar-refractivity contribution is -0.137. The maximum absolute atomic E-state index is 13.1. The van der Waals surface area contributed by atoms with E-state index in [-0.39, 0.29) is 33.7 Å². The van der Waals surface area contributed by atoms with E-state index >= 15 is 0 Å². The fourth-order valence-corrected chi connectivity index (χ4v) is 3.21. The summed E-state index contributed by atoms with van der Waals surface area (Å²) >= 11 is 0. The van der Waals surface area contributed by atoms with E-state index < -0.39 is 23.2 Å². The van der Waals surface area contributed by atoms with Gasteiger partial charge in [0.15, 0.2) is 5.69 Å². The van der Waals surface area contributed by atoms with Crippen LogP contribution >= 0.6 is 0 Å². The van der Waals surface area contributed by atoms with E-state index in [1.165, 1.54) is 40.6 Å². The molecule has 0 aliphatic carbocycles. The lowest BCUT2D eigenvalue weighted by Gasteiger charge is -2.13. The van der Waals surface area contributed by atoms with Gasteiger partial charge in [0.1, 0.15) is 11.3 Å². The van der Waals surface area contributed by atoms with Crippen LogP contribution < -0.4 is 10.9 Å². The summed E-state index contributed by atoms with van der Waals surface area (Å²) in [4.78, 5) is 29.8. The van der Waals surface area contributed by atoms with Gasteiger partial charge < -0.3 is 5.32 Å². The molecule has 0 unspecified atom stereocenters. The predicted octanol–water partition coefficient (Wildman–Crippen LogP) is 3.61. The fraction of sp³-hybridized carbons (Fsp3) is 0.143. The molecule has 0 saturated carbocycles. The molecule has 4 rings (SSSR count). The van der Waals surface area contributed by atoms with Gasteiger partial charge in [0.25, 0.3) is 11.5 Å². The van der Waals surface area contributed by atoms with Crippen molar-refractivity contribution >= 4 is 22.5 Å². The highest BCUT2D eigenvalue weighted by molar-refractivity contribution is 6.07. The normalized spacial score (nSPS) is 11.6. The van der Waals surface area contributed by atoms with Crippen LogP contribution in [-0.4, -0.2) is 25.2 Å². The van der Waals surface area contributed by atoms with Crippen LogP contribution in [0.3, 0.4) is 0 Å². The van der Waals surface area contributed by atoms with E-state index in [1.54, 1.807) is 25.4 Å². The van der Waals surface area contributed by atoms with Crippen molar-refractivity contribution in [2.75, 3.05) is 5.32 Å². The summed E-state index contributed by atoms with van der Waals surface area (Å²) < 4.78 is 42.1. The first-order valence-electron chi connectivity index (χ1n) is 9.13. The van der Waals surface area contributed by atoms with Gasteiger partial charge >= 0.3 is 6.18 Å². The van der Waals surface area contributed by atoms with E-state index in [2.05, 4.69) is 15.4 Å². The fourth-order valence-electron chi connectivity index (χ4n) is 3.21. The number of carbonyl (C=O) groups is 1. The van der Waals surface area contributed by atoms with Crippen molar-refractivity contribution < 1.29 is 18.0 Å². The van der Waals surface area contributed by atoms with Crippen molar-refractivity contribution in [1.29, 1.82) is 0 Å². The van der Waals surface area contributed by atoms with E-state index in [0.29, 0.717) is 0 Å². The number of carbonyl (C=O) groups excluding carboxylic acids is 1. The second-order valence-corrected chi connectivity index (χ2v) is 6.91. The Morgan fingerprint density at radius 1 is 1.06 bits per heavy atom. The van der Waals surface area contributed by atoms with Crippen LogP contribution in [0.2, 0.25) is 0 Å². The molecule has 2 aromatic carbocycles. The zero-order chi connectivity index (χ0) is 22.3. The first kappa shape index (κ1) is 20.3. The van der Waals surface area contributed by atoms with Gasteiger partial charge in [-0.3, -0.25) is 18.8 Å². The van der Waals surface area contributed by atoms with Gasteiger partial charge in [-0.05, 0) is 30.3 Å². The van der Waals surface area contributed by atoms with Gasteiger partial charge in [-0.25, -0.2) is 4.98 Å². The van der Waals surface area contributed by atoms with Crippen molar-refractivity contribution in [2.45, 2.75) is 6.18 Å². The molecule has 1 amide bonds. The number of anilines is 1. The Morgan fingerprint density at radius 2 is 1.81 bits per heavy atom. The van der Waals surface area contributed by atoms with Crippen LogP contribution in [0, 0.1) is 0 Å². The molecule has 10 heteroatoms. The SMILES string of the molecule is Cn1ccc(C(=O)Nc2cccc3c(=O)n(C)c(-c4cccc(C(F)(F)F)c4)nc23)n1. The number of para-hydroxylation sites is 1. The molecule has 158 valence electrons. The maximum Gasteiger partial charge on any atom is 0.416 e. The quantitative estimate of drug-likeness (QED) is 0.542. The molecule has 0 atom stereocenters. The number of benzene rings is 2. The molecule has 1 N–H and O–H groups in total. The zero-order valence-corrected chi connectivity index (χ0v) is 16.4. The molecule has 0 bridgehead atoms. The monoisotopic (exact) mass is 427 g/mol. The van der Waals surface area contributed by atoms with Crippen LogP contribution in [0.15, 0.2) is 59.5 Å². The van der Waals surface area contributed by atoms with E-state index in [0.717, 1.165) is 12.1 Å². The van der Waals surface area contributed by atoms with E-state index in [1.807, 2.05) is 0 Å². The van der Waals surface area contributed by atoms with Crippen LogP contribution in [0.5, 0.6) is 0 Å². The molecule has 31 heavy (non-hydrogen) atoms. The molecular weight excluding hydrogens is 411 g/mol. The number of hydrogen-bond acceptors (Lipinski definition) is 4. The number of nitrogens with one attached hydrogen (secondary N) is 1. The zero-order valence-electron chi connectivity index (χ0n) is 16.4. The summed E-state index contributed by atoms with van der Waals surface area (Å²) in [6.45, 7) is 0. The number of rotatable bonds is 3. The summed E-state index contributed by atoms with van der Waals surface area (Å²) in [5.74, 6) is -0.459. The minimum atomic E-state index is -4.53. The summed E-state index contributed by atoms with van der Waals surface area (Å²) in [6, 6.07) is 10.8. The first-order valence-corrected chi connectivity index (χ1v) is 9.13. The number of halogens is 3. The molecular formula is C21H16F3N5O2. The largest absolute Gasteiger partial charge is 0.416 e. The molecule has 0 aliphatic rings. The summed E-state index contributed by atoms with van der Waals surface area (Å²) in [5, 5.41) is 6.92. The summed E-state index contributed by atoms with van der Waals surface area (Å²) in [6.07, 6.45) is -2.93. The van der Waals surface area contributed by atoms with Crippen molar-refractivity contribution in [3.63, 3.8) is 0 Å². The average molecular weight is 427 g/mol. The molecule has 2 aromatic heterocycles. The molecule has 0 aliphatic heterocycles. The van der Waals surface area contributed by atoms with Gasteiger partial charge in [0, 0.05) is 25.9 Å². The highest BCUT2D eigenvalue weighted by Crippen LogP contribution is 2.32. The highest BCUT2D eigenvalue weighted by Gasteiger charge is 2.30. The summed E-state index contributed by atoms with van der Waals surface area (Å²) in [5.41, 5.74) is -0.590. The maximum atomic E-state index is 13.1. The third-order valence-electron chi connectivity index (χ3n) is 4.75. The number of alkyl halides is 3. The number of aromatic nitrogens is 4. The van der Waals surface area contributed by atoms with Crippen LogP contribution in [0.1, 0.15) is 16.1 Å². The molecule has 7 nitrogen and oxygen atoms in total. The van der Waals surface area contributed by atoms with E-state index in [9.17, 15) is 22.8 Å². The molecule has 4 aromatic rings. The first-order chi connectivity index (χ1) is 14.6. The lowest BCUT2D eigenvalue weighted by atomic mass is 10.1. The van der Waals surface area contributed by atoms with Gasteiger partial charge in [-0.2, -0.15) is 18.3 Å². The Hall–Kier alpha value is -3.95. The summed E-state index contributed by atoms with van der Waals surface area (Å²) in [7, 11) is 3.10. The van der Waals surface area contributed by atoms with E-state index in [4.69, 9.17) is 0 Å². The van der Waals surface area contributed by atoms with Crippen molar-refractivity contribution in [2.24, 2.45) is 14.1 Å². The smallest absolute Gasteiger partial charge is 0.319 e. The lowest BCUT2D eigenvalue weighted by Crippen LogP contribution is -2.21. The van der Waals surface area contributed by atoms with Gasteiger partial charge in [0.2, 0.25) is 0 Å². The van der Waals surface area contributed by atoms with Crippen molar-refractivity contribution in [3.05, 3.63) is 76.3 Å². The molecule has 2 heterocycles. The van der Waals surface area contributed by atoms with Crippen LogP contribution in [-0.2, 0) is 20.3 Å². The van der Waals surface area contributed by atoms with Gasteiger partial charge in [0.05, 0.1) is 16.6 Å². The second kappa shape index (κ2) is 7.38. The Labute approximate surface area is 173 Å². The Bertz CT molecular complexity index is 1370. The number of hydrogen-bond donors (Lipinski definition) is 1. The minimum Gasteiger partial charge on any atom is -0.319 e. The van der Waals surface area contributed by atoms with Crippen molar-refractivity contribution in [3.8, 4) is 11.4 Å². The van der Waals surface area contributed by atoms with Crippen LogP contribution in [0.4, 0.5) is 18.9 Å². The molecule has 0 spiro atoms. The standard InChI is InChI=1S/C21H16F3N5O2/c1-28-10-9-16(27-28)19(30)25-15-8-4-7-14-17(15)26-18(29(2)20(14)31)12-5-3-6-13(11-12)21(22,23)24/h3-11H,1-2H3,(H,25,30). The number of aryl methyl sites for hydroxylation is 1. The Morgan fingerprint density at radius 3 is 2.48 bits per heavy atom. The van der Waals surface area contributed by atoms with Gasteiger partial charge in [-0.1, -0.05) is 18.2 Å². The number of fused-ring (bicyclic) bond motifs is 1. The molecule has 0 fully saturated rings. The third-order valence-corrected chi connectivity index (χ3v) is 4.75. The van der Waals surface area contributed by atoms with Crippen LogP contribution in [0.25, 0.3) is 22.3 Å². The molecule has 0 saturated heterocycles. The third kappa shape index (κ3) is 3.79.